The van der Waals surface area contributed by atoms with Gasteiger partial charge in [-0.25, -0.2) is 4.98 Å². The Bertz CT molecular complexity index is 425. The fourth-order valence-corrected chi connectivity index (χ4v) is 2.31. The molecule has 0 aromatic carbocycles. The number of rotatable bonds is 5. The van der Waals surface area contributed by atoms with E-state index in [2.05, 4.69) is 15.3 Å². The van der Waals surface area contributed by atoms with Crippen molar-refractivity contribution < 1.29 is 9.59 Å². The van der Waals surface area contributed by atoms with Crippen LogP contribution in [0.15, 0.2) is 12.4 Å². The highest BCUT2D eigenvalue weighted by Crippen LogP contribution is 2.21. The monoisotopic (exact) mass is 250 g/mol. The van der Waals surface area contributed by atoms with Gasteiger partial charge in [-0.15, -0.1) is 0 Å². The Kier molecular flexibility index (Phi) is 3.64. The third-order valence-electron chi connectivity index (χ3n) is 3.30. The Morgan fingerprint density at radius 1 is 1.50 bits per heavy atom. The van der Waals surface area contributed by atoms with Gasteiger partial charge >= 0.3 is 0 Å². The SMILES string of the molecule is CCC(CC)N1C(=O)CC(Nc2ncc[nH]2)C1=O. The molecule has 2 N–H and O–H groups in total. The highest BCUT2D eigenvalue weighted by Gasteiger charge is 2.41. The Balaban J connectivity index is 2.09. The topological polar surface area (TPSA) is 78.1 Å². The molecule has 0 saturated carbocycles. The van der Waals surface area contributed by atoms with Crippen molar-refractivity contribution in [2.24, 2.45) is 0 Å². The number of H-pyrrole nitrogens is 1. The Morgan fingerprint density at radius 3 is 2.78 bits per heavy atom. The van der Waals surface area contributed by atoms with Crippen LogP contribution in [0.1, 0.15) is 33.1 Å². The van der Waals surface area contributed by atoms with E-state index < -0.39 is 6.04 Å². The summed E-state index contributed by atoms with van der Waals surface area (Å²) < 4.78 is 0. The average Bonchev–Trinajstić information content (AvgIpc) is 2.94. The largest absolute Gasteiger partial charge is 0.343 e. The first-order chi connectivity index (χ1) is 8.67. The molecule has 1 atom stereocenters. The Morgan fingerprint density at radius 2 is 2.22 bits per heavy atom. The van der Waals surface area contributed by atoms with Gasteiger partial charge in [0.2, 0.25) is 11.9 Å². The van der Waals surface area contributed by atoms with E-state index in [1.165, 1.54) is 4.90 Å². The van der Waals surface area contributed by atoms with Crippen LogP contribution in [0.2, 0.25) is 0 Å². The van der Waals surface area contributed by atoms with E-state index in [4.69, 9.17) is 0 Å². The average molecular weight is 250 g/mol. The standard InChI is InChI=1S/C12H18N4O2/c1-3-8(4-2)16-10(17)7-9(11(16)18)15-12-13-5-6-14-12/h5-6,8-9H,3-4,7H2,1-2H3,(H2,13,14,15). The zero-order chi connectivity index (χ0) is 13.1. The van der Waals surface area contributed by atoms with Gasteiger partial charge in [0, 0.05) is 18.4 Å². The van der Waals surface area contributed by atoms with Gasteiger partial charge in [0.05, 0.1) is 6.42 Å². The molecule has 6 heteroatoms. The minimum absolute atomic E-state index is 0.00778. The van der Waals surface area contributed by atoms with Crippen molar-refractivity contribution >= 4 is 17.8 Å². The molecule has 1 aliphatic heterocycles. The van der Waals surface area contributed by atoms with E-state index in [9.17, 15) is 9.59 Å². The molecular formula is C12H18N4O2. The van der Waals surface area contributed by atoms with Crippen LogP contribution in [-0.4, -0.2) is 38.8 Å². The van der Waals surface area contributed by atoms with Crippen LogP contribution in [-0.2, 0) is 9.59 Å². The molecule has 1 aromatic rings. The summed E-state index contributed by atoms with van der Waals surface area (Å²) in [5.74, 6) is 0.274. The third kappa shape index (κ3) is 2.23. The second kappa shape index (κ2) is 5.20. The summed E-state index contributed by atoms with van der Waals surface area (Å²) >= 11 is 0. The summed E-state index contributed by atoms with van der Waals surface area (Å²) in [6.45, 7) is 3.98. The summed E-state index contributed by atoms with van der Waals surface area (Å²) in [6, 6.07) is -0.488. The van der Waals surface area contributed by atoms with E-state index in [1.54, 1.807) is 12.4 Å². The number of carbonyl (C=O) groups excluding carboxylic acids is 2. The van der Waals surface area contributed by atoms with Gasteiger partial charge < -0.3 is 10.3 Å². The predicted octanol–water partition coefficient (Wildman–Crippen LogP) is 1.14. The number of hydrogen-bond donors (Lipinski definition) is 2. The minimum atomic E-state index is -0.496. The van der Waals surface area contributed by atoms with Crippen LogP contribution < -0.4 is 5.32 Å². The maximum Gasteiger partial charge on any atom is 0.252 e. The van der Waals surface area contributed by atoms with Gasteiger partial charge in [-0.3, -0.25) is 14.5 Å². The summed E-state index contributed by atoms with van der Waals surface area (Å²) in [6.07, 6.45) is 5.06. The highest BCUT2D eigenvalue weighted by atomic mass is 16.2. The number of aromatic nitrogens is 2. The fourth-order valence-electron chi connectivity index (χ4n) is 2.31. The number of anilines is 1. The van der Waals surface area contributed by atoms with Crippen molar-refractivity contribution in [2.45, 2.75) is 45.2 Å². The molecule has 0 spiro atoms. The number of likely N-dealkylation sites (tertiary alicyclic amines) is 1. The number of aromatic amines is 1. The molecule has 0 aliphatic carbocycles. The smallest absolute Gasteiger partial charge is 0.252 e. The lowest BCUT2D eigenvalue weighted by Crippen LogP contribution is -2.41. The molecule has 1 aliphatic rings. The van der Waals surface area contributed by atoms with Gasteiger partial charge in [0.25, 0.3) is 5.91 Å². The Labute approximate surface area is 106 Å². The zero-order valence-corrected chi connectivity index (χ0v) is 10.6. The lowest BCUT2D eigenvalue weighted by Gasteiger charge is -2.24. The van der Waals surface area contributed by atoms with Crippen LogP contribution >= 0.6 is 0 Å². The number of imidazole rings is 1. The van der Waals surface area contributed by atoms with Gasteiger partial charge in [-0.2, -0.15) is 0 Å². The third-order valence-corrected chi connectivity index (χ3v) is 3.30. The lowest BCUT2D eigenvalue weighted by atomic mass is 10.1. The molecule has 6 nitrogen and oxygen atoms in total. The van der Waals surface area contributed by atoms with Crippen molar-refractivity contribution in [1.82, 2.24) is 14.9 Å². The molecule has 1 unspecified atom stereocenters. The van der Waals surface area contributed by atoms with Gasteiger partial charge in [-0.05, 0) is 12.8 Å². The van der Waals surface area contributed by atoms with Crippen LogP contribution in [0.3, 0.4) is 0 Å². The molecule has 2 amide bonds. The molecule has 2 heterocycles. The van der Waals surface area contributed by atoms with Crippen LogP contribution in [0.25, 0.3) is 0 Å². The van der Waals surface area contributed by atoms with Crippen LogP contribution in [0, 0.1) is 0 Å². The summed E-state index contributed by atoms with van der Waals surface area (Å²) in [5, 5.41) is 2.96. The van der Waals surface area contributed by atoms with Gasteiger partial charge in [0.15, 0.2) is 0 Å². The number of nitrogens with one attached hydrogen (secondary N) is 2. The maximum atomic E-state index is 12.2. The van der Waals surface area contributed by atoms with E-state index in [-0.39, 0.29) is 24.3 Å². The summed E-state index contributed by atoms with van der Waals surface area (Å²) in [5.41, 5.74) is 0. The highest BCUT2D eigenvalue weighted by molar-refractivity contribution is 6.07. The fraction of sp³-hybridized carbons (Fsp3) is 0.583. The molecule has 0 bridgehead atoms. The van der Waals surface area contributed by atoms with Gasteiger partial charge in [0.1, 0.15) is 6.04 Å². The minimum Gasteiger partial charge on any atom is -0.343 e. The quantitative estimate of drug-likeness (QED) is 0.768. The molecule has 1 saturated heterocycles. The van der Waals surface area contributed by atoms with E-state index in [0.717, 1.165) is 12.8 Å². The van der Waals surface area contributed by atoms with Crippen molar-refractivity contribution in [1.29, 1.82) is 0 Å². The first-order valence-electron chi connectivity index (χ1n) is 6.29. The molecule has 0 radical (unpaired) electrons. The van der Waals surface area contributed by atoms with Crippen molar-refractivity contribution in [3.8, 4) is 0 Å². The van der Waals surface area contributed by atoms with Crippen molar-refractivity contribution in [3.05, 3.63) is 12.4 Å². The van der Waals surface area contributed by atoms with Crippen LogP contribution in [0.4, 0.5) is 5.95 Å². The number of carbonyl (C=O) groups is 2. The summed E-state index contributed by atoms with van der Waals surface area (Å²) in [7, 11) is 0. The van der Waals surface area contributed by atoms with Crippen molar-refractivity contribution in [2.75, 3.05) is 5.32 Å². The normalized spacial score (nSPS) is 19.9. The maximum absolute atomic E-state index is 12.2. The lowest BCUT2D eigenvalue weighted by molar-refractivity contribution is -0.141. The van der Waals surface area contributed by atoms with Crippen molar-refractivity contribution in [3.63, 3.8) is 0 Å². The molecule has 98 valence electrons. The van der Waals surface area contributed by atoms with Gasteiger partial charge in [-0.1, -0.05) is 13.8 Å². The number of nitrogens with zero attached hydrogens (tertiary/aromatic N) is 2. The van der Waals surface area contributed by atoms with E-state index in [1.807, 2.05) is 13.8 Å². The second-order valence-corrected chi connectivity index (χ2v) is 4.41. The number of imide groups is 1. The first-order valence-corrected chi connectivity index (χ1v) is 6.29. The first kappa shape index (κ1) is 12.6. The number of hydrogen-bond acceptors (Lipinski definition) is 4. The van der Waals surface area contributed by atoms with Crippen LogP contribution in [0.5, 0.6) is 0 Å². The second-order valence-electron chi connectivity index (χ2n) is 4.41. The van der Waals surface area contributed by atoms with E-state index >= 15 is 0 Å². The number of amides is 2. The molecule has 18 heavy (non-hydrogen) atoms. The Hall–Kier alpha value is -1.85. The predicted molar refractivity (Wildman–Crippen MR) is 66.8 cm³/mol. The summed E-state index contributed by atoms with van der Waals surface area (Å²) in [4.78, 5) is 32.4. The molecule has 1 aromatic heterocycles. The molecule has 1 fully saturated rings. The zero-order valence-electron chi connectivity index (χ0n) is 10.6. The molecular weight excluding hydrogens is 232 g/mol. The van der Waals surface area contributed by atoms with E-state index in [0.29, 0.717) is 5.95 Å². The molecule has 2 rings (SSSR count).